The van der Waals surface area contributed by atoms with Gasteiger partial charge in [0.25, 0.3) is 0 Å². The van der Waals surface area contributed by atoms with E-state index in [9.17, 15) is 4.79 Å². The molecule has 0 spiro atoms. The van der Waals surface area contributed by atoms with Gasteiger partial charge in [-0.25, -0.2) is 4.79 Å². The van der Waals surface area contributed by atoms with Crippen LogP contribution in [0.3, 0.4) is 0 Å². The Labute approximate surface area is 120 Å². The molecule has 1 aromatic rings. The molecule has 20 heavy (non-hydrogen) atoms. The van der Waals surface area contributed by atoms with E-state index in [0.717, 1.165) is 25.3 Å². The van der Waals surface area contributed by atoms with Gasteiger partial charge in [0.15, 0.2) is 0 Å². The molecule has 0 N–H and O–H groups in total. The maximum absolute atomic E-state index is 11.6. The minimum absolute atomic E-state index is 0.195. The van der Waals surface area contributed by atoms with Gasteiger partial charge in [-0.05, 0) is 32.3 Å². The van der Waals surface area contributed by atoms with E-state index in [1.807, 2.05) is 32.3 Å². The third kappa shape index (κ3) is 3.71. The van der Waals surface area contributed by atoms with Gasteiger partial charge >= 0.3 is 5.97 Å². The van der Waals surface area contributed by atoms with Crippen molar-refractivity contribution in [3.05, 3.63) is 29.8 Å². The minimum atomic E-state index is -0.301. The average Bonchev–Trinajstić information content (AvgIpc) is 2.46. The average molecular weight is 278 g/mol. The Morgan fingerprint density at radius 3 is 3.00 bits per heavy atom. The van der Waals surface area contributed by atoms with E-state index in [2.05, 4.69) is 9.80 Å². The van der Waals surface area contributed by atoms with Crippen LogP contribution in [0, 0.1) is 0 Å². The molecule has 0 saturated carbocycles. The zero-order chi connectivity index (χ0) is 14.5. The molecule has 1 saturated heterocycles. The molecule has 0 amide bonds. The topological polar surface area (TPSA) is 42.0 Å². The summed E-state index contributed by atoms with van der Waals surface area (Å²) in [5, 5.41) is 0. The van der Waals surface area contributed by atoms with Gasteiger partial charge in [-0.15, -0.1) is 0 Å². The fraction of sp³-hybridized carbons (Fsp3) is 0.533. The second-order valence-electron chi connectivity index (χ2n) is 5.24. The van der Waals surface area contributed by atoms with Gasteiger partial charge in [-0.2, -0.15) is 0 Å². The molecule has 110 valence electrons. The third-order valence-corrected chi connectivity index (χ3v) is 3.34. The van der Waals surface area contributed by atoms with Crippen LogP contribution in [0.1, 0.15) is 10.4 Å². The Morgan fingerprint density at radius 1 is 1.50 bits per heavy atom. The third-order valence-electron chi connectivity index (χ3n) is 3.34. The fourth-order valence-corrected chi connectivity index (χ4v) is 2.42. The van der Waals surface area contributed by atoms with Gasteiger partial charge in [0.05, 0.1) is 25.4 Å². The van der Waals surface area contributed by atoms with E-state index in [1.54, 1.807) is 6.07 Å². The lowest BCUT2D eigenvalue weighted by Gasteiger charge is -2.35. The minimum Gasteiger partial charge on any atom is -0.465 e. The van der Waals surface area contributed by atoms with Crippen LogP contribution in [-0.2, 0) is 9.47 Å². The van der Waals surface area contributed by atoms with Crippen LogP contribution in [0.2, 0.25) is 0 Å². The highest BCUT2D eigenvalue weighted by Crippen LogP contribution is 2.20. The van der Waals surface area contributed by atoms with Crippen molar-refractivity contribution in [2.24, 2.45) is 0 Å². The molecular formula is C15H22N2O3. The van der Waals surface area contributed by atoms with Crippen LogP contribution in [0.15, 0.2) is 24.3 Å². The summed E-state index contributed by atoms with van der Waals surface area (Å²) >= 11 is 0. The molecule has 1 aromatic carbocycles. The Hall–Kier alpha value is -1.59. The van der Waals surface area contributed by atoms with E-state index < -0.39 is 0 Å². The molecule has 0 bridgehead atoms. The summed E-state index contributed by atoms with van der Waals surface area (Å²) in [6.07, 6.45) is 0.195. The number of benzene rings is 1. The van der Waals surface area contributed by atoms with Crippen LogP contribution in [0.5, 0.6) is 0 Å². The largest absolute Gasteiger partial charge is 0.465 e. The van der Waals surface area contributed by atoms with Crippen molar-refractivity contribution in [1.82, 2.24) is 4.90 Å². The number of likely N-dealkylation sites (N-methyl/N-ethyl adjacent to an activating group) is 1. The predicted molar refractivity (Wildman–Crippen MR) is 78.3 cm³/mol. The molecule has 0 radical (unpaired) electrons. The van der Waals surface area contributed by atoms with Gasteiger partial charge in [0, 0.05) is 25.3 Å². The van der Waals surface area contributed by atoms with Gasteiger partial charge in [-0.1, -0.05) is 6.07 Å². The quantitative estimate of drug-likeness (QED) is 0.775. The summed E-state index contributed by atoms with van der Waals surface area (Å²) in [5.41, 5.74) is 1.63. The second-order valence-corrected chi connectivity index (χ2v) is 5.24. The van der Waals surface area contributed by atoms with Crippen LogP contribution in [0.4, 0.5) is 5.69 Å². The van der Waals surface area contributed by atoms with Crippen molar-refractivity contribution in [2.75, 3.05) is 52.3 Å². The molecule has 1 aliphatic heterocycles. The number of methoxy groups -OCH3 is 1. The molecule has 2 rings (SSSR count). The van der Waals surface area contributed by atoms with Crippen molar-refractivity contribution >= 4 is 11.7 Å². The molecule has 1 fully saturated rings. The monoisotopic (exact) mass is 278 g/mol. The van der Waals surface area contributed by atoms with Crippen LogP contribution < -0.4 is 4.90 Å². The SMILES string of the molecule is COC(=O)c1cccc(N2CCOC(CN(C)C)C2)c1. The number of hydrogen-bond donors (Lipinski definition) is 0. The van der Waals surface area contributed by atoms with E-state index in [4.69, 9.17) is 9.47 Å². The number of carbonyl (C=O) groups excluding carboxylic acids is 1. The van der Waals surface area contributed by atoms with E-state index >= 15 is 0 Å². The maximum Gasteiger partial charge on any atom is 0.337 e. The molecule has 0 aliphatic carbocycles. The van der Waals surface area contributed by atoms with Gasteiger partial charge in [-0.3, -0.25) is 0 Å². The predicted octanol–water partition coefficient (Wildman–Crippen LogP) is 1.24. The van der Waals surface area contributed by atoms with E-state index in [0.29, 0.717) is 12.2 Å². The number of nitrogens with zero attached hydrogens (tertiary/aromatic N) is 2. The first-order chi connectivity index (χ1) is 9.60. The maximum atomic E-state index is 11.6. The first-order valence-corrected chi connectivity index (χ1v) is 6.80. The smallest absolute Gasteiger partial charge is 0.337 e. The van der Waals surface area contributed by atoms with Crippen molar-refractivity contribution < 1.29 is 14.3 Å². The highest BCUT2D eigenvalue weighted by Gasteiger charge is 2.21. The van der Waals surface area contributed by atoms with Crippen molar-refractivity contribution in [3.63, 3.8) is 0 Å². The standard InChI is InChI=1S/C15H22N2O3/c1-16(2)10-14-11-17(7-8-20-14)13-6-4-5-12(9-13)15(18)19-3/h4-6,9,14H,7-8,10-11H2,1-3H3. The fourth-order valence-electron chi connectivity index (χ4n) is 2.42. The first-order valence-electron chi connectivity index (χ1n) is 6.80. The first kappa shape index (κ1) is 14.8. The molecule has 1 unspecified atom stereocenters. The summed E-state index contributed by atoms with van der Waals surface area (Å²) in [4.78, 5) is 16.0. The molecule has 1 heterocycles. The lowest BCUT2D eigenvalue weighted by Crippen LogP contribution is -2.46. The molecule has 1 aliphatic rings. The molecule has 0 aromatic heterocycles. The summed E-state index contributed by atoms with van der Waals surface area (Å²) < 4.78 is 10.5. The van der Waals surface area contributed by atoms with Crippen molar-refractivity contribution in [2.45, 2.75) is 6.10 Å². The van der Waals surface area contributed by atoms with E-state index in [-0.39, 0.29) is 12.1 Å². The Morgan fingerprint density at radius 2 is 2.30 bits per heavy atom. The highest BCUT2D eigenvalue weighted by molar-refractivity contribution is 5.90. The molecule has 5 heteroatoms. The number of ether oxygens (including phenoxy) is 2. The second kappa shape index (κ2) is 6.72. The number of carbonyl (C=O) groups is 1. The zero-order valence-electron chi connectivity index (χ0n) is 12.3. The normalized spacial score (nSPS) is 19.2. The number of morpholine rings is 1. The van der Waals surface area contributed by atoms with Gasteiger partial charge in [0.1, 0.15) is 0 Å². The van der Waals surface area contributed by atoms with Crippen LogP contribution >= 0.6 is 0 Å². The Balaban J connectivity index is 2.08. The number of rotatable bonds is 4. The number of anilines is 1. The lowest BCUT2D eigenvalue weighted by atomic mass is 10.1. The zero-order valence-corrected chi connectivity index (χ0v) is 12.3. The summed E-state index contributed by atoms with van der Waals surface area (Å²) in [7, 11) is 5.48. The Bertz CT molecular complexity index is 462. The van der Waals surface area contributed by atoms with Crippen molar-refractivity contribution in [3.8, 4) is 0 Å². The molecular weight excluding hydrogens is 256 g/mol. The summed E-state index contributed by atoms with van der Waals surface area (Å²) in [6, 6.07) is 7.55. The van der Waals surface area contributed by atoms with Gasteiger partial charge < -0.3 is 19.3 Å². The summed E-state index contributed by atoms with van der Waals surface area (Å²) in [6.45, 7) is 3.28. The summed E-state index contributed by atoms with van der Waals surface area (Å²) in [5.74, 6) is -0.301. The molecule has 1 atom stereocenters. The lowest BCUT2D eigenvalue weighted by molar-refractivity contribution is 0.0248. The van der Waals surface area contributed by atoms with Crippen LogP contribution in [-0.4, -0.2) is 64.4 Å². The highest BCUT2D eigenvalue weighted by atomic mass is 16.5. The molecule has 5 nitrogen and oxygen atoms in total. The van der Waals surface area contributed by atoms with Crippen molar-refractivity contribution in [1.29, 1.82) is 0 Å². The number of hydrogen-bond acceptors (Lipinski definition) is 5. The Kier molecular flexibility index (Phi) is 4.98. The van der Waals surface area contributed by atoms with Crippen LogP contribution in [0.25, 0.3) is 0 Å². The number of esters is 1. The van der Waals surface area contributed by atoms with E-state index in [1.165, 1.54) is 7.11 Å². The van der Waals surface area contributed by atoms with Gasteiger partial charge in [0.2, 0.25) is 0 Å².